The maximum atomic E-state index is 13.1. The minimum Gasteiger partial charge on any atom is -0.348 e. The number of aryl methyl sites for hydroxylation is 3. The van der Waals surface area contributed by atoms with Gasteiger partial charge in [0, 0.05) is 38.6 Å². The Morgan fingerprint density at radius 3 is 2.76 bits per heavy atom. The van der Waals surface area contributed by atoms with Gasteiger partial charge in [0.1, 0.15) is 4.90 Å². The average molecular weight is 423 g/mol. The van der Waals surface area contributed by atoms with E-state index in [0.29, 0.717) is 31.6 Å². The second kappa shape index (κ2) is 8.66. The second-order valence-electron chi connectivity index (χ2n) is 7.44. The van der Waals surface area contributed by atoms with E-state index in [9.17, 15) is 13.2 Å². The third-order valence-electron chi connectivity index (χ3n) is 5.45. The monoisotopic (exact) mass is 422 g/mol. The second-order valence-corrected chi connectivity index (χ2v) is 9.35. The van der Waals surface area contributed by atoms with Crippen molar-refractivity contribution in [2.45, 2.75) is 64.6 Å². The van der Waals surface area contributed by atoms with Crippen LogP contribution in [0.25, 0.3) is 0 Å². The molecule has 2 aromatic heterocycles. The number of rotatable bonds is 7. The molecule has 1 N–H and O–H groups in total. The van der Waals surface area contributed by atoms with Gasteiger partial charge in [-0.15, -0.1) is 0 Å². The average Bonchev–Trinajstić information content (AvgIpc) is 3.34. The molecule has 1 aliphatic rings. The Labute approximate surface area is 172 Å². The quantitative estimate of drug-likeness (QED) is 0.732. The number of nitrogens with zero attached hydrogens (tertiary/aromatic N) is 5. The van der Waals surface area contributed by atoms with Crippen LogP contribution in [0, 0.1) is 12.8 Å². The number of amides is 1. The van der Waals surface area contributed by atoms with Gasteiger partial charge >= 0.3 is 0 Å². The number of carbonyl (C=O) groups is 1. The lowest BCUT2D eigenvalue weighted by Gasteiger charge is -2.31. The third-order valence-corrected chi connectivity index (χ3v) is 7.42. The van der Waals surface area contributed by atoms with Gasteiger partial charge in [-0.1, -0.05) is 0 Å². The zero-order chi connectivity index (χ0) is 21.2. The summed E-state index contributed by atoms with van der Waals surface area (Å²) in [5.74, 6) is -0.497. The Hall–Kier alpha value is -2.20. The highest BCUT2D eigenvalue weighted by Crippen LogP contribution is 2.26. The maximum Gasteiger partial charge on any atom is 0.246 e. The van der Waals surface area contributed by atoms with E-state index >= 15 is 0 Å². The number of sulfonamides is 1. The van der Waals surface area contributed by atoms with E-state index in [-0.39, 0.29) is 29.3 Å². The molecule has 1 fully saturated rings. The molecule has 29 heavy (non-hydrogen) atoms. The van der Waals surface area contributed by atoms with Crippen LogP contribution in [0.4, 0.5) is 0 Å². The highest BCUT2D eigenvalue weighted by Gasteiger charge is 2.35. The Kier molecular flexibility index (Phi) is 6.42. The minimum absolute atomic E-state index is 0.123. The summed E-state index contributed by atoms with van der Waals surface area (Å²) in [6.07, 6.45) is 4.61. The number of hydrogen-bond acceptors (Lipinski definition) is 5. The molecular weight excluding hydrogens is 392 g/mol. The van der Waals surface area contributed by atoms with Gasteiger partial charge in [-0.05, 0) is 46.6 Å². The fraction of sp³-hybridized carbons (Fsp3) is 0.632. The summed E-state index contributed by atoms with van der Waals surface area (Å²) in [7, 11) is -3.67. The summed E-state index contributed by atoms with van der Waals surface area (Å²) in [6, 6.07) is 1.70. The van der Waals surface area contributed by atoms with Gasteiger partial charge in [0.2, 0.25) is 15.9 Å². The van der Waals surface area contributed by atoms with Crippen molar-refractivity contribution < 1.29 is 13.2 Å². The van der Waals surface area contributed by atoms with Crippen molar-refractivity contribution in [2.24, 2.45) is 5.92 Å². The van der Waals surface area contributed by atoms with Gasteiger partial charge in [-0.2, -0.15) is 14.5 Å². The van der Waals surface area contributed by atoms with Gasteiger partial charge in [0.05, 0.1) is 23.3 Å². The van der Waals surface area contributed by atoms with Gasteiger partial charge in [0.15, 0.2) is 0 Å². The molecule has 2 atom stereocenters. The number of piperidine rings is 1. The van der Waals surface area contributed by atoms with E-state index in [1.54, 1.807) is 24.0 Å². The van der Waals surface area contributed by atoms with Gasteiger partial charge in [-0.25, -0.2) is 8.42 Å². The number of aromatic nitrogens is 4. The predicted molar refractivity (Wildman–Crippen MR) is 109 cm³/mol. The Morgan fingerprint density at radius 2 is 2.10 bits per heavy atom. The summed E-state index contributed by atoms with van der Waals surface area (Å²) < 4.78 is 31.1. The Bertz CT molecular complexity index is 965. The van der Waals surface area contributed by atoms with Gasteiger partial charge in [-0.3, -0.25) is 14.2 Å². The molecule has 1 saturated heterocycles. The minimum atomic E-state index is -3.67. The summed E-state index contributed by atoms with van der Waals surface area (Å²) in [5, 5.41) is 11.5. The maximum absolute atomic E-state index is 13.1. The van der Waals surface area contributed by atoms with Gasteiger partial charge < -0.3 is 5.32 Å². The van der Waals surface area contributed by atoms with E-state index < -0.39 is 10.0 Å². The summed E-state index contributed by atoms with van der Waals surface area (Å²) in [6.45, 7) is 9.46. The predicted octanol–water partition coefficient (Wildman–Crippen LogP) is 1.71. The lowest BCUT2D eigenvalue weighted by atomic mass is 9.98. The van der Waals surface area contributed by atoms with Crippen molar-refractivity contribution in [2.75, 3.05) is 13.1 Å². The molecule has 0 spiro atoms. The molecule has 10 heteroatoms. The lowest BCUT2D eigenvalue weighted by molar-refractivity contribution is -0.126. The first-order valence-electron chi connectivity index (χ1n) is 10.1. The molecule has 0 bridgehead atoms. The van der Waals surface area contributed by atoms with Gasteiger partial charge in [0.25, 0.3) is 0 Å². The lowest BCUT2D eigenvalue weighted by Crippen LogP contribution is -2.46. The van der Waals surface area contributed by atoms with Crippen molar-refractivity contribution >= 4 is 15.9 Å². The number of nitrogens with one attached hydrogen (secondary N) is 1. The molecule has 1 aliphatic heterocycles. The van der Waals surface area contributed by atoms with Crippen LogP contribution in [-0.2, 0) is 27.9 Å². The van der Waals surface area contributed by atoms with Crippen molar-refractivity contribution in [3.05, 3.63) is 29.8 Å². The molecule has 0 radical (unpaired) electrons. The molecule has 1 amide bonds. The molecule has 3 rings (SSSR count). The standard InChI is InChI=1S/C19H30N6O3S/c1-5-23-13-18(15(4)22-23)29(27,28)24-11-7-8-16(12-24)19(26)21-14(3)17-9-10-20-25(17)6-2/h9-10,13-14,16H,5-8,11-12H2,1-4H3,(H,21,26)/t14-,16+/m1/s1. The topological polar surface area (TPSA) is 102 Å². The highest BCUT2D eigenvalue weighted by molar-refractivity contribution is 7.89. The van der Waals surface area contributed by atoms with Crippen molar-refractivity contribution in [1.29, 1.82) is 0 Å². The smallest absolute Gasteiger partial charge is 0.246 e. The van der Waals surface area contributed by atoms with Crippen LogP contribution >= 0.6 is 0 Å². The molecule has 3 heterocycles. The molecule has 0 aromatic carbocycles. The first kappa shape index (κ1) is 21.5. The Morgan fingerprint density at radius 1 is 1.34 bits per heavy atom. The fourth-order valence-corrected chi connectivity index (χ4v) is 5.50. The van der Waals surface area contributed by atoms with Crippen LogP contribution in [0.3, 0.4) is 0 Å². The Balaban J connectivity index is 1.71. The molecular formula is C19H30N6O3S. The summed E-state index contributed by atoms with van der Waals surface area (Å²) >= 11 is 0. The SMILES string of the molecule is CCn1cc(S(=O)(=O)N2CCC[C@H](C(=O)N[C@H](C)c3ccnn3CC)C2)c(C)n1. The molecule has 2 aromatic rings. The fourth-order valence-electron chi connectivity index (χ4n) is 3.81. The summed E-state index contributed by atoms with van der Waals surface area (Å²) in [4.78, 5) is 13.1. The highest BCUT2D eigenvalue weighted by atomic mass is 32.2. The van der Waals surface area contributed by atoms with Crippen molar-refractivity contribution in [3.63, 3.8) is 0 Å². The van der Waals surface area contributed by atoms with E-state index in [4.69, 9.17) is 0 Å². The molecule has 9 nitrogen and oxygen atoms in total. The van der Waals surface area contributed by atoms with Crippen LogP contribution in [0.1, 0.15) is 51.0 Å². The number of hydrogen-bond donors (Lipinski definition) is 1. The molecule has 160 valence electrons. The van der Waals surface area contributed by atoms with Crippen molar-refractivity contribution in [3.8, 4) is 0 Å². The van der Waals surface area contributed by atoms with Crippen LogP contribution in [0.15, 0.2) is 23.4 Å². The van der Waals surface area contributed by atoms with E-state index in [1.165, 1.54) is 4.31 Å². The first-order valence-corrected chi connectivity index (χ1v) is 11.6. The van der Waals surface area contributed by atoms with E-state index in [1.807, 2.05) is 31.5 Å². The van der Waals surface area contributed by atoms with Crippen LogP contribution in [0.5, 0.6) is 0 Å². The zero-order valence-electron chi connectivity index (χ0n) is 17.5. The number of carbonyl (C=O) groups excluding carboxylic acids is 1. The van der Waals surface area contributed by atoms with Crippen LogP contribution < -0.4 is 5.32 Å². The van der Waals surface area contributed by atoms with E-state index in [2.05, 4.69) is 15.5 Å². The molecule has 0 saturated carbocycles. The first-order chi connectivity index (χ1) is 13.8. The summed E-state index contributed by atoms with van der Waals surface area (Å²) in [5.41, 5.74) is 1.42. The molecule has 0 unspecified atom stereocenters. The van der Waals surface area contributed by atoms with E-state index in [0.717, 1.165) is 12.2 Å². The third kappa shape index (κ3) is 4.37. The van der Waals surface area contributed by atoms with Crippen LogP contribution in [0.2, 0.25) is 0 Å². The largest absolute Gasteiger partial charge is 0.348 e. The normalized spacial score (nSPS) is 19.2. The molecule has 0 aliphatic carbocycles. The zero-order valence-corrected chi connectivity index (χ0v) is 18.3. The van der Waals surface area contributed by atoms with Crippen LogP contribution in [-0.4, -0.2) is 51.3 Å². The van der Waals surface area contributed by atoms with Crippen molar-refractivity contribution in [1.82, 2.24) is 29.2 Å².